The number of carbonyl (C=O) groups excluding carboxylic acids is 1. The summed E-state index contributed by atoms with van der Waals surface area (Å²) in [6, 6.07) is 17.3. The number of aromatic nitrogens is 1. The lowest BCUT2D eigenvalue weighted by Crippen LogP contribution is -2.11. The van der Waals surface area contributed by atoms with Gasteiger partial charge in [-0.3, -0.25) is 4.79 Å². The highest BCUT2D eigenvalue weighted by Gasteiger charge is 2.13. The van der Waals surface area contributed by atoms with Gasteiger partial charge in [-0.1, -0.05) is 41.9 Å². The fraction of sp³-hybridized carbons (Fsp3) is 0.118. The summed E-state index contributed by atoms with van der Waals surface area (Å²) in [5.41, 5.74) is 2.73. The van der Waals surface area contributed by atoms with Gasteiger partial charge in [0.25, 0.3) is 0 Å². The van der Waals surface area contributed by atoms with Gasteiger partial charge >= 0.3 is 0 Å². The number of hydrogen-bond acceptors (Lipinski definition) is 1. The Labute approximate surface area is 122 Å². The summed E-state index contributed by atoms with van der Waals surface area (Å²) in [6.07, 6.45) is 0. The zero-order valence-electron chi connectivity index (χ0n) is 11.1. The van der Waals surface area contributed by atoms with E-state index in [1.165, 1.54) is 0 Å². The van der Waals surface area contributed by atoms with E-state index in [2.05, 4.69) is 12.1 Å². The number of ketones is 1. The van der Waals surface area contributed by atoms with E-state index >= 15 is 0 Å². The molecule has 0 unspecified atom stereocenters. The number of halogens is 1. The second-order valence-electron chi connectivity index (χ2n) is 4.83. The maximum absolute atomic E-state index is 12.4. The number of carbonyl (C=O) groups is 1. The number of aryl methyl sites for hydroxylation is 1. The van der Waals surface area contributed by atoms with Crippen LogP contribution in [0.4, 0.5) is 0 Å². The summed E-state index contributed by atoms with van der Waals surface area (Å²) in [6.45, 7) is 2.32. The lowest BCUT2D eigenvalue weighted by Gasteiger charge is -2.08. The van der Waals surface area contributed by atoms with Crippen molar-refractivity contribution >= 4 is 28.3 Å². The zero-order valence-corrected chi connectivity index (χ0v) is 11.9. The maximum atomic E-state index is 12.4. The smallest absolute Gasteiger partial charge is 0.183 e. The first-order chi connectivity index (χ1) is 9.66. The van der Waals surface area contributed by atoms with Crippen LogP contribution >= 0.6 is 11.6 Å². The van der Waals surface area contributed by atoms with Crippen molar-refractivity contribution in [1.29, 1.82) is 0 Å². The van der Waals surface area contributed by atoms with Crippen molar-refractivity contribution in [2.75, 3.05) is 0 Å². The van der Waals surface area contributed by atoms with Crippen LogP contribution in [0.1, 0.15) is 16.1 Å². The molecule has 100 valence electrons. The Kier molecular flexibility index (Phi) is 3.33. The van der Waals surface area contributed by atoms with Crippen molar-refractivity contribution in [3.63, 3.8) is 0 Å². The molecule has 3 rings (SSSR count). The van der Waals surface area contributed by atoms with E-state index in [0.717, 1.165) is 16.6 Å². The van der Waals surface area contributed by atoms with Crippen LogP contribution in [0.15, 0.2) is 54.6 Å². The summed E-state index contributed by atoms with van der Waals surface area (Å²) in [5, 5.41) is 1.66. The first kappa shape index (κ1) is 12.9. The average molecular weight is 284 g/mol. The van der Waals surface area contributed by atoms with E-state index < -0.39 is 0 Å². The van der Waals surface area contributed by atoms with Crippen LogP contribution < -0.4 is 0 Å². The number of Topliss-reactive ketones (excluding diaryl/α,β-unsaturated/α-hetero) is 1. The maximum Gasteiger partial charge on any atom is 0.183 e. The third-order valence-electron chi connectivity index (χ3n) is 3.49. The second-order valence-corrected chi connectivity index (χ2v) is 5.24. The molecule has 0 bridgehead atoms. The molecule has 3 aromatic rings. The summed E-state index contributed by atoms with van der Waals surface area (Å²) in [5.74, 6) is 0.0278. The standard InChI is InChI=1S/C17H14ClNO/c1-12-10-13-6-2-5-9-16(13)19(12)11-17(20)14-7-3-4-8-15(14)18/h2-10H,11H2,1H3. The fourth-order valence-electron chi connectivity index (χ4n) is 2.47. The van der Waals surface area contributed by atoms with Gasteiger partial charge in [0.2, 0.25) is 0 Å². The van der Waals surface area contributed by atoms with Gasteiger partial charge in [-0.15, -0.1) is 0 Å². The van der Waals surface area contributed by atoms with Crippen LogP contribution in [-0.2, 0) is 6.54 Å². The Hall–Kier alpha value is -2.06. The van der Waals surface area contributed by atoms with Gasteiger partial charge in [0, 0.05) is 16.8 Å². The summed E-state index contributed by atoms with van der Waals surface area (Å²) in [7, 11) is 0. The molecule has 0 aliphatic carbocycles. The van der Waals surface area contributed by atoms with Crippen molar-refractivity contribution in [2.24, 2.45) is 0 Å². The lowest BCUT2D eigenvalue weighted by atomic mass is 10.1. The van der Waals surface area contributed by atoms with Gasteiger partial charge < -0.3 is 4.57 Å². The molecule has 0 fully saturated rings. The Balaban J connectivity index is 2.00. The number of fused-ring (bicyclic) bond motifs is 1. The van der Waals surface area contributed by atoms with E-state index in [4.69, 9.17) is 11.6 Å². The molecular weight excluding hydrogens is 270 g/mol. The Bertz CT molecular complexity index is 789. The van der Waals surface area contributed by atoms with E-state index in [0.29, 0.717) is 17.1 Å². The van der Waals surface area contributed by atoms with Crippen molar-refractivity contribution in [3.8, 4) is 0 Å². The van der Waals surface area contributed by atoms with E-state index in [-0.39, 0.29) is 5.78 Å². The molecule has 0 aliphatic heterocycles. The van der Waals surface area contributed by atoms with Crippen LogP contribution in [0.3, 0.4) is 0 Å². The number of rotatable bonds is 3. The number of hydrogen-bond donors (Lipinski definition) is 0. The predicted octanol–water partition coefficient (Wildman–Crippen LogP) is 4.49. The minimum atomic E-state index is 0.0278. The molecule has 2 nitrogen and oxygen atoms in total. The van der Waals surface area contributed by atoms with Crippen LogP contribution in [0.25, 0.3) is 10.9 Å². The summed E-state index contributed by atoms with van der Waals surface area (Å²) in [4.78, 5) is 12.4. The quantitative estimate of drug-likeness (QED) is 0.649. The third-order valence-corrected chi connectivity index (χ3v) is 3.82. The molecule has 1 heterocycles. The van der Waals surface area contributed by atoms with Gasteiger partial charge in [-0.25, -0.2) is 0 Å². The summed E-state index contributed by atoms with van der Waals surface area (Å²) < 4.78 is 2.03. The molecule has 0 saturated heterocycles. The number of nitrogens with zero attached hydrogens (tertiary/aromatic N) is 1. The molecule has 0 amide bonds. The van der Waals surface area contributed by atoms with Crippen LogP contribution in [0.5, 0.6) is 0 Å². The largest absolute Gasteiger partial charge is 0.337 e. The fourth-order valence-corrected chi connectivity index (χ4v) is 2.72. The molecule has 0 spiro atoms. The molecule has 1 aromatic heterocycles. The number of para-hydroxylation sites is 1. The van der Waals surface area contributed by atoms with Gasteiger partial charge in [0.15, 0.2) is 5.78 Å². The van der Waals surface area contributed by atoms with Crippen LogP contribution in [0, 0.1) is 6.92 Å². The van der Waals surface area contributed by atoms with E-state index in [9.17, 15) is 4.79 Å². The average Bonchev–Trinajstić information content (AvgIpc) is 2.76. The molecule has 2 aromatic carbocycles. The normalized spacial score (nSPS) is 10.9. The highest BCUT2D eigenvalue weighted by Crippen LogP contribution is 2.21. The third kappa shape index (κ3) is 2.23. The van der Waals surface area contributed by atoms with Crippen LogP contribution in [-0.4, -0.2) is 10.4 Å². The molecule has 0 saturated carbocycles. The molecule has 0 atom stereocenters. The topological polar surface area (TPSA) is 22.0 Å². The molecular formula is C17H14ClNO. The predicted molar refractivity (Wildman–Crippen MR) is 82.5 cm³/mol. The van der Waals surface area contributed by atoms with Crippen molar-refractivity contribution in [1.82, 2.24) is 4.57 Å². The molecule has 0 N–H and O–H groups in total. The second kappa shape index (κ2) is 5.14. The Morgan fingerprint density at radius 1 is 1.10 bits per heavy atom. The molecule has 0 aliphatic rings. The van der Waals surface area contributed by atoms with Gasteiger partial charge in [-0.05, 0) is 36.6 Å². The van der Waals surface area contributed by atoms with E-state index in [1.807, 2.05) is 41.8 Å². The Morgan fingerprint density at radius 3 is 2.60 bits per heavy atom. The molecule has 0 radical (unpaired) electrons. The van der Waals surface area contributed by atoms with Crippen molar-refractivity contribution < 1.29 is 4.79 Å². The minimum Gasteiger partial charge on any atom is -0.337 e. The lowest BCUT2D eigenvalue weighted by molar-refractivity contribution is 0.0973. The van der Waals surface area contributed by atoms with Gasteiger partial charge in [0.1, 0.15) is 0 Å². The minimum absolute atomic E-state index is 0.0278. The van der Waals surface area contributed by atoms with Crippen molar-refractivity contribution in [3.05, 3.63) is 70.9 Å². The summed E-state index contributed by atoms with van der Waals surface area (Å²) >= 11 is 6.09. The Morgan fingerprint density at radius 2 is 1.80 bits per heavy atom. The van der Waals surface area contributed by atoms with Gasteiger partial charge in [0.05, 0.1) is 11.6 Å². The highest BCUT2D eigenvalue weighted by atomic mass is 35.5. The number of benzene rings is 2. The first-order valence-electron chi connectivity index (χ1n) is 6.49. The van der Waals surface area contributed by atoms with E-state index in [1.54, 1.807) is 12.1 Å². The SMILES string of the molecule is Cc1cc2ccccc2n1CC(=O)c1ccccc1Cl. The molecule has 3 heteroatoms. The highest BCUT2D eigenvalue weighted by molar-refractivity contribution is 6.33. The zero-order chi connectivity index (χ0) is 14.1. The first-order valence-corrected chi connectivity index (χ1v) is 6.87. The molecule has 20 heavy (non-hydrogen) atoms. The van der Waals surface area contributed by atoms with Crippen molar-refractivity contribution in [2.45, 2.75) is 13.5 Å². The van der Waals surface area contributed by atoms with Crippen LogP contribution in [0.2, 0.25) is 5.02 Å². The monoisotopic (exact) mass is 283 g/mol. The van der Waals surface area contributed by atoms with Gasteiger partial charge in [-0.2, -0.15) is 0 Å².